The van der Waals surface area contributed by atoms with E-state index in [0.717, 1.165) is 36.8 Å². The first kappa shape index (κ1) is 19.3. The molecule has 1 atom stereocenters. The zero-order valence-electron chi connectivity index (χ0n) is 15.1. The lowest BCUT2D eigenvalue weighted by atomic mass is 10.1. The predicted octanol–water partition coefficient (Wildman–Crippen LogP) is 2.81. The molecular formula is C18H31N3O2. The van der Waals surface area contributed by atoms with Crippen molar-refractivity contribution in [1.82, 2.24) is 10.6 Å². The number of methoxy groups -OCH3 is 1. The van der Waals surface area contributed by atoms with E-state index in [1.165, 1.54) is 0 Å². The van der Waals surface area contributed by atoms with E-state index in [1.807, 2.05) is 24.3 Å². The third kappa shape index (κ3) is 7.88. The highest BCUT2D eigenvalue weighted by Gasteiger charge is 2.08. The molecule has 0 aliphatic heterocycles. The van der Waals surface area contributed by atoms with Crippen molar-refractivity contribution in [1.29, 1.82) is 0 Å². The average molecular weight is 321 g/mol. The fraction of sp³-hybridized carbons (Fsp3) is 0.611. The second-order valence-corrected chi connectivity index (χ2v) is 5.93. The SMILES string of the molecule is CN=C(NCCCOCc1ccc(OC)cc1)NC(C)C(C)C. The van der Waals surface area contributed by atoms with Crippen molar-refractivity contribution in [3.8, 4) is 5.75 Å². The molecule has 0 fully saturated rings. The molecule has 5 nitrogen and oxygen atoms in total. The van der Waals surface area contributed by atoms with Gasteiger partial charge in [0.05, 0.1) is 13.7 Å². The Hall–Kier alpha value is -1.75. The molecule has 0 aliphatic rings. The highest BCUT2D eigenvalue weighted by Crippen LogP contribution is 2.11. The minimum absolute atomic E-state index is 0.396. The standard InChI is InChI=1S/C18H31N3O2/c1-14(2)15(3)21-18(19-4)20-11-6-12-23-13-16-7-9-17(22-5)10-8-16/h7-10,14-15H,6,11-13H2,1-5H3,(H2,19,20,21). The maximum absolute atomic E-state index is 5.69. The summed E-state index contributed by atoms with van der Waals surface area (Å²) in [6, 6.07) is 8.34. The van der Waals surface area contributed by atoms with Crippen LogP contribution < -0.4 is 15.4 Å². The largest absolute Gasteiger partial charge is 0.497 e. The molecule has 0 radical (unpaired) electrons. The van der Waals surface area contributed by atoms with E-state index in [9.17, 15) is 0 Å². The van der Waals surface area contributed by atoms with Crippen molar-refractivity contribution < 1.29 is 9.47 Å². The van der Waals surface area contributed by atoms with Crippen LogP contribution in [0.3, 0.4) is 0 Å². The summed E-state index contributed by atoms with van der Waals surface area (Å²) in [4.78, 5) is 4.23. The molecule has 130 valence electrons. The molecule has 1 aromatic carbocycles. The maximum atomic E-state index is 5.69. The summed E-state index contributed by atoms with van der Waals surface area (Å²) < 4.78 is 10.8. The number of hydrogen-bond acceptors (Lipinski definition) is 3. The second-order valence-electron chi connectivity index (χ2n) is 5.93. The monoisotopic (exact) mass is 321 g/mol. The number of nitrogens with zero attached hydrogens (tertiary/aromatic N) is 1. The third-order valence-electron chi connectivity index (χ3n) is 3.77. The minimum Gasteiger partial charge on any atom is -0.497 e. The van der Waals surface area contributed by atoms with Crippen LogP contribution in [0.1, 0.15) is 32.8 Å². The van der Waals surface area contributed by atoms with Crippen LogP contribution in [-0.2, 0) is 11.3 Å². The Bertz CT molecular complexity index is 458. The van der Waals surface area contributed by atoms with Gasteiger partial charge in [-0.2, -0.15) is 0 Å². The topological polar surface area (TPSA) is 54.9 Å². The van der Waals surface area contributed by atoms with Crippen molar-refractivity contribution in [3.63, 3.8) is 0 Å². The third-order valence-corrected chi connectivity index (χ3v) is 3.77. The van der Waals surface area contributed by atoms with Gasteiger partial charge in [-0.15, -0.1) is 0 Å². The molecular weight excluding hydrogens is 290 g/mol. The van der Waals surface area contributed by atoms with E-state index >= 15 is 0 Å². The van der Waals surface area contributed by atoms with E-state index in [4.69, 9.17) is 9.47 Å². The Morgan fingerprint density at radius 2 is 1.87 bits per heavy atom. The zero-order chi connectivity index (χ0) is 17.1. The molecule has 0 aliphatic carbocycles. The van der Waals surface area contributed by atoms with Crippen LogP contribution in [0.4, 0.5) is 0 Å². The Morgan fingerprint density at radius 1 is 1.17 bits per heavy atom. The molecule has 1 unspecified atom stereocenters. The van der Waals surface area contributed by atoms with Crippen LogP contribution in [0.5, 0.6) is 5.75 Å². The van der Waals surface area contributed by atoms with Crippen LogP contribution in [0, 0.1) is 5.92 Å². The van der Waals surface area contributed by atoms with Crippen molar-refractivity contribution in [2.24, 2.45) is 10.9 Å². The average Bonchev–Trinajstić information content (AvgIpc) is 2.57. The summed E-state index contributed by atoms with van der Waals surface area (Å²) in [5.41, 5.74) is 1.15. The number of rotatable bonds is 9. The molecule has 0 amide bonds. The lowest BCUT2D eigenvalue weighted by Gasteiger charge is -2.20. The molecule has 0 saturated heterocycles. The van der Waals surface area contributed by atoms with E-state index in [0.29, 0.717) is 18.6 Å². The fourth-order valence-electron chi connectivity index (χ4n) is 1.87. The van der Waals surface area contributed by atoms with Gasteiger partial charge in [-0.1, -0.05) is 26.0 Å². The van der Waals surface area contributed by atoms with Gasteiger partial charge in [-0.05, 0) is 37.0 Å². The first-order chi connectivity index (χ1) is 11.1. The van der Waals surface area contributed by atoms with Gasteiger partial charge in [0.25, 0.3) is 0 Å². The van der Waals surface area contributed by atoms with Gasteiger partial charge in [0, 0.05) is 26.2 Å². The molecule has 1 rings (SSSR count). The summed E-state index contributed by atoms with van der Waals surface area (Å²) in [5.74, 6) is 2.29. The van der Waals surface area contributed by atoms with Gasteiger partial charge in [-0.3, -0.25) is 4.99 Å². The summed E-state index contributed by atoms with van der Waals surface area (Å²) in [6.07, 6.45) is 0.937. The summed E-state index contributed by atoms with van der Waals surface area (Å²) in [7, 11) is 3.46. The molecule has 1 aromatic rings. The van der Waals surface area contributed by atoms with Crippen molar-refractivity contribution in [3.05, 3.63) is 29.8 Å². The molecule has 0 aromatic heterocycles. The summed E-state index contributed by atoms with van der Waals surface area (Å²) >= 11 is 0. The van der Waals surface area contributed by atoms with E-state index in [1.54, 1.807) is 14.2 Å². The van der Waals surface area contributed by atoms with E-state index in [2.05, 4.69) is 36.4 Å². The van der Waals surface area contributed by atoms with Crippen molar-refractivity contribution >= 4 is 5.96 Å². The Labute approximate surface area is 140 Å². The van der Waals surface area contributed by atoms with Crippen LogP contribution in [0.15, 0.2) is 29.3 Å². The molecule has 0 heterocycles. The number of guanidine groups is 1. The Kier molecular flexibility index (Phi) is 9.14. The summed E-state index contributed by atoms with van der Waals surface area (Å²) in [6.45, 7) is 8.73. The lowest BCUT2D eigenvalue weighted by molar-refractivity contribution is 0.119. The Balaban J connectivity index is 2.14. The van der Waals surface area contributed by atoms with Crippen molar-refractivity contribution in [2.45, 2.75) is 39.8 Å². The van der Waals surface area contributed by atoms with E-state index in [-0.39, 0.29) is 0 Å². The van der Waals surface area contributed by atoms with Crippen molar-refractivity contribution in [2.75, 3.05) is 27.3 Å². The predicted molar refractivity (Wildman–Crippen MR) is 96.1 cm³/mol. The smallest absolute Gasteiger partial charge is 0.191 e. The quantitative estimate of drug-likeness (QED) is 0.417. The molecule has 5 heteroatoms. The normalized spacial score (nSPS) is 13.0. The lowest BCUT2D eigenvalue weighted by Crippen LogP contribution is -2.44. The van der Waals surface area contributed by atoms with Gasteiger partial charge in [-0.25, -0.2) is 0 Å². The number of benzene rings is 1. The van der Waals surface area contributed by atoms with Gasteiger partial charge >= 0.3 is 0 Å². The zero-order valence-corrected chi connectivity index (χ0v) is 15.1. The molecule has 0 spiro atoms. The van der Waals surface area contributed by atoms with Gasteiger partial charge in [0.15, 0.2) is 5.96 Å². The second kappa shape index (κ2) is 10.9. The van der Waals surface area contributed by atoms with Crippen LogP contribution in [-0.4, -0.2) is 39.3 Å². The van der Waals surface area contributed by atoms with Gasteiger partial charge in [0.1, 0.15) is 5.75 Å². The minimum atomic E-state index is 0.396. The number of hydrogen-bond donors (Lipinski definition) is 2. The highest BCUT2D eigenvalue weighted by atomic mass is 16.5. The first-order valence-electron chi connectivity index (χ1n) is 8.24. The first-order valence-corrected chi connectivity index (χ1v) is 8.24. The Morgan fingerprint density at radius 3 is 2.43 bits per heavy atom. The fourth-order valence-corrected chi connectivity index (χ4v) is 1.87. The molecule has 0 bridgehead atoms. The number of nitrogens with one attached hydrogen (secondary N) is 2. The van der Waals surface area contributed by atoms with Crippen LogP contribution >= 0.6 is 0 Å². The number of ether oxygens (including phenoxy) is 2. The van der Waals surface area contributed by atoms with E-state index < -0.39 is 0 Å². The summed E-state index contributed by atoms with van der Waals surface area (Å²) in [5, 5.41) is 6.69. The van der Waals surface area contributed by atoms with Gasteiger partial charge < -0.3 is 20.1 Å². The molecule has 23 heavy (non-hydrogen) atoms. The van der Waals surface area contributed by atoms with Crippen LogP contribution in [0.2, 0.25) is 0 Å². The van der Waals surface area contributed by atoms with Crippen LogP contribution in [0.25, 0.3) is 0 Å². The maximum Gasteiger partial charge on any atom is 0.191 e. The molecule has 0 saturated carbocycles. The van der Waals surface area contributed by atoms with Gasteiger partial charge in [0.2, 0.25) is 0 Å². The molecule has 2 N–H and O–H groups in total. The number of aliphatic imine (C=N–C) groups is 1. The highest BCUT2D eigenvalue weighted by molar-refractivity contribution is 5.79.